The Balaban J connectivity index is 2.67. The van der Waals surface area contributed by atoms with E-state index >= 15 is 0 Å². The van der Waals surface area contributed by atoms with Gasteiger partial charge in [0.25, 0.3) is 0 Å². The van der Waals surface area contributed by atoms with Crippen LogP contribution in [0.5, 0.6) is 0 Å². The fourth-order valence-corrected chi connectivity index (χ4v) is 2.09. The molecular formula is C9H14ClF3. The van der Waals surface area contributed by atoms with Gasteiger partial charge in [0.2, 0.25) is 0 Å². The molecule has 0 N–H and O–H groups in total. The predicted molar refractivity (Wildman–Crippen MR) is 46.9 cm³/mol. The second-order valence-electron chi connectivity index (χ2n) is 3.91. The summed E-state index contributed by atoms with van der Waals surface area (Å²) in [5.41, 5.74) is 0. The number of halogens is 4. The van der Waals surface area contributed by atoms with E-state index in [0.29, 0.717) is 12.8 Å². The summed E-state index contributed by atoms with van der Waals surface area (Å²) in [5.74, 6) is -0.400. The van der Waals surface area contributed by atoms with Gasteiger partial charge in [-0.05, 0) is 25.7 Å². The first-order chi connectivity index (χ1) is 5.86. The molecule has 0 bridgehead atoms. The van der Waals surface area contributed by atoms with Crippen LogP contribution in [0.15, 0.2) is 0 Å². The Hall–Kier alpha value is 0.0800. The van der Waals surface area contributed by atoms with Crippen molar-refractivity contribution in [2.45, 2.75) is 50.1 Å². The third kappa shape index (κ3) is 2.30. The van der Waals surface area contributed by atoms with Crippen LogP contribution in [-0.2, 0) is 0 Å². The van der Waals surface area contributed by atoms with Gasteiger partial charge in [-0.25, -0.2) is 0 Å². The van der Waals surface area contributed by atoms with E-state index in [1.54, 1.807) is 0 Å². The van der Waals surface area contributed by atoms with E-state index in [4.69, 9.17) is 11.6 Å². The molecular weight excluding hydrogens is 201 g/mol. The van der Waals surface area contributed by atoms with Crippen LogP contribution in [0.2, 0.25) is 0 Å². The van der Waals surface area contributed by atoms with Crippen molar-refractivity contribution in [2.75, 3.05) is 0 Å². The lowest BCUT2D eigenvalue weighted by molar-refractivity contribution is -0.172. The van der Waals surface area contributed by atoms with E-state index in [2.05, 4.69) is 0 Å². The largest absolute Gasteiger partial charge is 0.407 e. The molecule has 1 aliphatic rings. The van der Waals surface area contributed by atoms with Gasteiger partial charge in [0.1, 0.15) is 4.87 Å². The lowest BCUT2D eigenvalue weighted by atomic mass is 9.80. The summed E-state index contributed by atoms with van der Waals surface area (Å²) in [6.07, 6.45) is -0.261. The zero-order valence-electron chi connectivity index (χ0n) is 7.62. The molecule has 1 rings (SSSR count). The van der Waals surface area contributed by atoms with Gasteiger partial charge in [-0.15, -0.1) is 11.6 Å². The van der Waals surface area contributed by atoms with Crippen molar-refractivity contribution >= 4 is 11.6 Å². The fraction of sp³-hybridized carbons (Fsp3) is 1.00. The van der Waals surface area contributed by atoms with E-state index in [0.717, 1.165) is 26.2 Å². The predicted octanol–water partition coefficient (Wildman–Crippen LogP) is 4.13. The van der Waals surface area contributed by atoms with Gasteiger partial charge in [0.05, 0.1) is 0 Å². The molecule has 0 nitrogen and oxygen atoms in total. The molecule has 0 aromatic rings. The maximum absolute atomic E-state index is 12.5. The molecule has 13 heavy (non-hydrogen) atoms. The summed E-state index contributed by atoms with van der Waals surface area (Å²) in [6.45, 7) is 1.10. The molecule has 0 aliphatic heterocycles. The Bertz CT molecular complexity index is 168. The van der Waals surface area contributed by atoms with Gasteiger partial charge in [0.15, 0.2) is 0 Å². The Morgan fingerprint density at radius 2 is 1.54 bits per heavy atom. The first-order valence-corrected chi connectivity index (χ1v) is 4.99. The maximum atomic E-state index is 12.5. The van der Waals surface area contributed by atoms with Crippen molar-refractivity contribution in [2.24, 2.45) is 5.92 Å². The van der Waals surface area contributed by atoms with Crippen LogP contribution >= 0.6 is 11.6 Å². The highest BCUT2D eigenvalue weighted by Gasteiger charge is 2.54. The smallest absolute Gasteiger partial charge is 0.169 e. The third-order valence-corrected chi connectivity index (χ3v) is 3.45. The van der Waals surface area contributed by atoms with E-state index in [9.17, 15) is 13.2 Å². The highest BCUT2D eigenvalue weighted by molar-refractivity contribution is 6.24. The van der Waals surface area contributed by atoms with E-state index in [1.165, 1.54) is 0 Å². The normalized spacial score (nSPS) is 25.6. The molecule has 0 saturated heterocycles. The summed E-state index contributed by atoms with van der Waals surface area (Å²) in [7, 11) is 0. The molecule has 1 unspecified atom stereocenters. The van der Waals surface area contributed by atoms with Crippen LogP contribution in [0.25, 0.3) is 0 Å². The zero-order valence-corrected chi connectivity index (χ0v) is 8.38. The SMILES string of the molecule is CC(Cl)(C1CCCCC1)C(F)(F)F. The Kier molecular flexibility index (Phi) is 3.16. The van der Waals surface area contributed by atoms with Gasteiger partial charge in [0, 0.05) is 0 Å². The van der Waals surface area contributed by atoms with Gasteiger partial charge < -0.3 is 0 Å². The van der Waals surface area contributed by atoms with Crippen LogP contribution in [0, 0.1) is 5.92 Å². The molecule has 0 aromatic carbocycles. The molecule has 4 heteroatoms. The average molecular weight is 215 g/mol. The second kappa shape index (κ2) is 3.68. The van der Waals surface area contributed by atoms with E-state index < -0.39 is 17.0 Å². The van der Waals surface area contributed by atoms with Crippen LogP contribution in [0.4, 0.5) is 13.2 Å². The number of hydrogen-bond donors (Lipinski definition) is 0. The van der Waals surface area contributed by atoms with Crippen molar-refractivity contribution in [3.63, 3.8) is 0 Å². The summed E-state index contributed by atoms with van der Waals surface area (Å²) in [5, 5.41) is 0. The second-order valence-corrected chi connectivity index (χ2v) is 4.69. The number of rotatable bonds is 1. The monoisotopic (exact) mass is 214 g/mol. The fourth-order valence-electron chi connectivity index (χ4n) is 1.88. The highest BCUT2D eigenvalue weighted by atomic mass is 35.5. The quantitative estimate of drug-likeness (QED) is 0.576. The molecule has 0 amide bonds. The lowest BCUT2D eigenvalue weighted by Crippen LogP contribution is -2.44. The maximum Gasteiger partial charge on any atom is 0.407 e. The Morgan fingerprint density at radius 3 is 1.92 bits per heavy atom. The van der Waals surface area contributed by atoms with Crippen molar-refractivity contribution in [1.29, 1.82) is 0 Å². The molecule has 0 radical (unpaired) electrons. The molecule has 0 spiro atoms. The molecule has 1 atom stereocenters. The van der Waals surface area contributed by atoms with Crippen LogP contribution < -0.4 is 0 Å². The van der Waals surface area contributed by atoms with Crippen LogP contribution in [0.3, 0.4) is 0 Å². The van der Waals surface area contributed by atoms with Crippen molar-refractivity contribution in [1.82, 2.24) is 0 Å². The minimum absolute atomic E-state index is 0.400. The summed E-state index contributed by atoms with van der Waals surface area (Å²) >= 11 is 5.57. The van der Waals surface area contributed by atoms with Crippen molar-refractivity contribution < 1.29 is 13.2 Å². The highest BCUT2D eigenvalue weighted by Crippen LogP contribution is 2.46. The van der Waals surface area contributed by atoms with Gasteiger partial charge in [-0.2, -0.15) is 13.2 Å². The minimum atomic E-state index is -4.28. The van der Waals surface area contributed by atoms with Crippen molar-refractivity contribution in [3.05, 3.63) is 0 Å². The molecule has 0 heterocycles. The molecule has 0 aromatic heterocycles. The van der Waals surface area contributed by atoms with Crippen molar-refractivity contribution in [3.8, 4) is 0 Å². The number of alkyl halides is 4. The first-order valence-electron chi connectivity index (χ1n) is 4.61. The Morgan fingerprint density at radius 1 is 1.08 bits per heavy atom. The standard InChI is InChI=1S/C9H14ClF3/c1-8(10,9(11,12)13)7-5-3-2-4-6-7/h7H,2-6H2,1H3. The summed E-state index contributed by atoms with van der Waals surface area (Å²) < 4.78 is 37.5. The van der Waals surface area contributed by atoms with Crippen LogP contribution in [-0.4, -0.2) is 11.1 Å². The van der Waals surface area contributed by atoms with Gasteiger partial charge >= 0.3 is 6.18 Å². The van der Waals surface area contributed by atoms with Gasteiger partial charge in [-0.1, -0.05) is 19.3 Å². The minimum Gasteiger partial charge on any atom is -0.169 e. The van der Waals surface area contributed by atoms with E-state index in [-0.39, 0.29) is 0 Å². The summed E-state index contributed by atoms with van der Waals surface area (Å²) in [6, 6.07) is 0. The number of hydrogen-bond acceptors (Lipinski definition) is 0. The summed E-state index contributed by atoms with van der Waals surface area (Å²) in [4.78, 5) is -2.02. The van der Waals surface area contributed by atoms with Gasteiger partial charge in [-0.3, -0.25) is 0 Å². The Labute approximate surface area is 81.5 Å². The zero-order chi connectivity index (χ0) is 10.1. The molecule has 1 aliphatic carbocycles. The molecule has 1 fully saturated rings. The van der Waals surface area contributed by atoms with E-state index in [1.807, 2.05) is 0 Å². The molecule has 78 valence electrons. The third-order valence-electron chi connectivity index (χ3n) is 2.93. The first kappa shape index (κ1) is 11.2. The lowest BCUT2D eigenvalue weighted by Gasteiger charge is -2.36. The average Bonchev–Trinajstić information content (AvgIpc) is 2.04. The van der Waals surface area contributed by atoms with Crippen LogP contribution in [0.1, 0.15) is 39.0 Å². The topological polar surface area (TPSA) is 0 Å². The molecule has 1 saturated carbocycles.